The van der Waals surface area contributed by atoms with Crippen LogP contribution in [-0.2, 0) is 0 Å². The summed E-state index contributed by atoms with van der Waals surface area (Å²) in [6, 6.07) is 0. The summed E-state index contributed by atoms with van der Waals surface area (Å²) < 4.78 is 0. The van der Waals surface area contributed by atoms with E-state index in [2.05, 4.69) is 18.0 Å². The zero-order chi connectivity index (χ0) is 7.23. The predicted octanol–water partition coefficient (Wildman–Crippen LogP) is 2.93. The third-order valence-corrected chi connectivity index (χ3v) is 1.79. The molecule has 0 aromatic heterocycles. The number of nitrogens with zero attached hydrogens (tertiary/aromatic N) is 1. The van der Waals surface area contributed by atoms with Crippen LogP contribution in [0.4, 0.5) is 0 Å². The highest BCUT2D eigenvalue weighted by Gasteiger charge is 1.98. The summed E-state index contributed by atoms with van der Waals surface area (Å²) in [5.74, 6) is 0. The van der Waals surface area contributed by atoms with Crippen molar-refractivity contribution in [2.45, 2.75) is 39.0 Å². The molecule has 0 unspecified atom stereocenters. The molecule has 1 heterocycles. The molecule has 0 atom stereocenters. The Morgan fingerprint density at radius 1 is 1.30 bits per heavy atom. The second-order valence-electron chi connectivity index (χ2n) is 2.75. The monoisotopic (exact) mass is 137 g/mol. The number of aliphatic imine (C=N–C) groups is 1. The number of hydrogen-bond acceptors (Lipinski definition) is 1. The van der Waals surface area contributed by atoms with Crippen LogP contribution >= 0.6 is 0 Å². The van der Waals surface area contributed by atoms with Crippen molar-refractivity contribution in [2.24, 2.45) is 4.99 Å². The molecule has 1 aliphatic heterocycles. The molecule has 0 saturated heterocycles. The van der Waals surface area contributed by atoms with Gasteiger partial charge in [0.25, 0.3) is 0 Å². The Morgan fingerprint density at radius 3 is 2.60 bits per heavy atom. The summed E-state index contributed by atoms with van der Waals surface area (Å²) in [6.07, 6.45) is 10.5. The molecule has 0 saturated carbocycles. The van der Waals surface area contributed by atoms with Crippen LogP contribution in [0.3, 0.4) is 0 Å². The molecule has 0 aliphatic carbocycles. The van der Waals surface area contributed by atoms with Crippen LogP contribution in [0.2, 0.25) is 0 Å². The van der Waals surface area contributed by atoms with E-state index in [0.717, 1.165) is 0 Å². The molecule has 0 aromatic carbocycles. The smallest absolute Gasteiger partial charge is 0.0418 e. The molecule has 1 nitrogen and oxygen atoms in total. The molecule has 0 fully saturated rings. The first-order valence-corrected chi connectivity index (χ1v) is 4.16. The van der Waals surface area contributed by atoms with E-state index >= 15 is 0 Å². The first kappa shape index (κ1) is 7.52. The lowest BCUT2D eigenvalue weighted by molar-refractivity contribution is 0.683. The van der Waals surface area contributed by atoms with E-state index in [4.69, 9.17) is 0 Å². The first-order chi connectivity index (χ1) is 4.93. The molecule has 1 rings (SSSR count). The Hall–Kier alpha value is -0.590. The summed E-state index contributed by atoms with van der Waals surface area (Å²) in [6.45, 7) is 2.24. The lowest BCUT2D eigenvalue weighted by Crippen LogP contribution is -1.98. The SMILES string of the molecule is CCCCCCC1=NC=C1. The molecule has 0 bridgehead atoms. The van der Waals surface area contributed by atoms with E-state index in [9.17, 15) is 0 Å². The normalized spacial score (nSPS) is 14.7. The van der Waals surface area contributed by atoms with Crippen LogP contribution in [0.25, 0.3) is 0 Å². The minimum absolute atomic E-state index is 1.19. The highest BCUT2D eigenvalue weighted by Crippen LogP contribution is 2.07. The molecule has 0 aromatic rings. The van der Waals surface area contributed by atoms with E-state index in [1.807, 2.05) is 6.20 Å². The third kappa shape index (κ3) is 2.34. The third-order valence-electron chi connectivity index (χ3n) is 1.79. The topological polar surface area (TPSA) is 12.4 Å². The Bertz CT molecular complexity index is 145. The van der Waals surface area contributed by atoms with Crippen molar-refractivity contribution in [3.05, 3.63) is 12.3 Å². The highest BCUT2D eigenvalue weighted by molar-refractivity contribution is 5.99. The predicted molar refractivity (Wildman–Crippen MR) is 45.3 cm³/mol. The van der Waals surface area contributed by atoms with Crippen LogP contribution in [-0.4, -0.2) is 5.71 Å². The van der Waals surface area contributed by atoms with Gasteiger partial charge in [-0.3, -0.25) is 4.99 Å². The minimum Gasteiger partial charge on any atom is -0.261 e. The van der Waals surface area contributed by atoms with Gasteiger partial charge in [-0.2, -0.15) is 0 Å². The Morgan fingerprint density at radius 2 is 2.10 bits per heavy atom. The maximum atomic E-state index is 4.10. The lowest BCUT2D eigenvalue weighted by atomic mass is 10.1. The van der Waals surface area contributed by atoms with E-state index in [0.29, 0.717) is 0 Å². The Labute approximate surface area is 62.9 Å². The van der Waals surface area contributed by atoms with Crippen molar-refractivity contribution in [2.75, 3.05) is 0 Å². The fraction of sp³-hybridized carbons (Fsp3) is 0.667. The van der Waals surface area contributed by atoms with Gasteiger partial charge in [0, 0.05) is 11.9 Å². The number of rotatable bonds is 5. The van der Waals surface area contributed by atoms with Crippen LogP contribution in [0.1, 0.15) is 39.0 Å². The van der Waals surface area contributed by atoms with Crippen molar-refractivity contribution in [1.29, 1.82) is 0 Å². The van der Waals surface area contributed by atoms with Gasteiger partial charge in [0.15, 0.2) is 0 Å². The van der Waals surface area contributed by atoms with Gasteiger partial charge in [0.05, 0.1) is 0 Å². The van der Waals surface area contributed by atoms with E-state index < -0.39 is 0 Å². The molecule has 56 valence electrons. The molecule has 0 amide bonds. The van der Waals surface area contributed by atoms with Gasteiger partial charge in [-0.15, -0.1) is 0 Å². The fourth-order valence-corrected chi connectivity index (χ4v) is 1.06. The summed E-state index contributed by atoms with van der Waals surface area (Å²) in [4.78, 5) is 4.10. The van der Waals surface area contributed by atoms with E-state index in [-0.39, 0.29) is 0 Å². The number of allylic oxidation sites excluding steroid dienone is 1. The Balaban J connectivity index is 1.86. The summed E-state index contributed by atoms with van der Waals surface area (Å²) in [7, 11) is 0. The highest BCUT2D eigenvalue weighted by atomic mass is 14.7. The zero-order valence-electron chi connectivity index (χ0n) is 6.64. The second-order valence-corrected chi connectivity index (χ2v) is 2.75. The Kier molecular flexibility index (Phi) is 3.20. The second kappa shape index (κ2) is 4.26. The average Bonchev–Trinajstić information content (AvgIpc) is 1.84. The van der Waals surface area contributed by atoms with Crippen molar-refractivity contribution < 1.29 is 0 Å². The van der Waals surface area contributed by atoms with Crippen molar-refractivity contribution >= 4 is 5.71 Å². The molecule has 0 N–H and O–H groups in total. The van der Waals surface area contributed by atoms with Crippen molar-refractivity contribution in [1.82, 2.24) is 0 Å². The number of hydrogen-bond donors (Lipinski definition) is 0. The molecule has 1 aliphatic rings. The van der Waals surface area contributed by atoms with Crippen LogP contribution in [0.15, 0.2) is 17.3 Å². The molecule has 1 heteroatoms. The van der Waals surface area contributed by atoms with Gasteiger partial charge in [-0.05, 0) is 18.9 Å². The first-order valence-electron chi connectivity index (χ1n) is 4.16. The summed E-state index contributed by atoms with van der Waals surface area (Å²) >= 11 is 0. The quantitative estimate of drug-likeness (QED) is 0.517. The zero-order valence-corrected chi connectivity index (χ0v) is 6.64. The fourth-order valence-electron chi connectivity index (χ4n) is 1.06. The van der Waals surface area contributed by atoms with Crippen LogP contribution in [0.5, 0.6) is 0 Å². The molecular weight excluding hydrogens is 122 g/mol. The summed E-state index contributed by atoms with van der Waals surface area (Å²) in [5, 5.41) is 0. The minimum atomic E-state index is 1.19. The van der Waals surface area contributed by atoms with Crippen LogP contribution < -0.4 is 0 Å². The standard InChI is InChI=1S/C9H15N/c1-2-3-4-5-6-9-7-8-10-9/h7-8H,2-6H2,1H3. The van der Waals surface area contributed by atoms with Gasteiger partial charge < -0.3 is 0 Å². The van der Waals surface area contributed by atoms with Crippen molar-refractivity contribution in [3.8, 4) is 0 Å². The number of unbranched alkanes of at least 4 members (excludes halogenated alkanes) is 3. The van der Waals surface area contributed by atoms with Crippen LogP contribution in [0, 0.1) is 0 Å². The molecule has 0 spiro atoms. The van der Waals surface area contributed by atoms with Gasteiger partial charge in [-0.25, -0.2) is 0 Å². The maximum Gasteiger partial charge on any atom is 0.0418 e. The maximum absolute atomic E-state index is 4.10. The summed E-state index contributed by atoms with van der Waals surface area (Å²) in [5.41, 5.74) is 1.29. The van der Waals surface area contributed by atoms with Gasteiger partial charge >= 0.3 is 0 Å². The molecular formula is C9H15N. The van der Waals surface area contributed by atoms with E-state index in [1.54, 1.807) is 0 Å². The lowest BCUT2D eigenvalue weighted by Gasteiger charge is -2.04. The largest absolute Gasteiger partial charge is 0.261 e. The average molecular weight is 137 g/mol. The molecule has 0 radical (unpaired) electrons. The van der Waals surface area contributed by atoms with Gasteiger partial charge in [0.1, 0.15) is 0 Å². The van der Waals surface area contributed by atoms with Gasteiger partial charge in [-0.1, -0.05) is 26.2 Å². The van der Waals surface area contributed by atoms with Gasteiger partial charge in [0.2, 0.25) is 0 Å². The molecule has 10 heavy (non-hydrogen) atoms. The van der Waals surface area contributed by atoms with Crippen molar-refractivity contribution in [3.63, 3.8) is 0 Å². The van der Waals surface area contributed by atoms with E-state index in [1.165, 1.54) is 37.8 Å².